The molecule has 9 heteroatoms. The van der Waals surface area contributed by atoms with Gasteiger partial charge in [-0.2, -0.15) is 5.26 Å². The number of nitrogens with one attached hydrogen (secondary N) is 1. The molecule has 1 aliphatic heterocycles. The fourth-order valence-electron chi connectivity index (χ4n) is 4.71. The van der Waals surface area contributed by atoms with Gasteiger partial charge in [0.25, 0.3) is 5.56 Å². The first kappa shape index (κ1) is 20.4. The summed E-state index contributed by atoms with van der Waals surface area (Å²) in [5, 5.41) is 12.4. The van der Waals surface area contributed by atoms with E-state index in [0.717, 1.165) is 48.7 Å². The van der Waals surface area contributed by atoms with E-state index in [4.69, 9.17) is 9.47 Å². The normalized spacial score (nSPS) is 18.7. The fraction of sp³-hybridized carbons (Fsp3) is 0.478. The summed E-state index contributed by atoms with van der Waals surface area (Å²) in [5.74, 6) is 0.901. The van der Waals surface area contributed by atoms with E-state index in [-0.39, 0.29) is 11.6 Å². The lowest BCUT2D eigenvalue weighted by Crippen LogP contribution is -2.49. The van der Waals surface area contributed by atoms with Gasteiger partial charge in [0, 0.05) is 12.2 Å². The molecule has 3 aliphatic rings. The van der Waals surface area contributed by atoms with Gasteiger partial charge in [-0.15, -0.1) is 0 Å². The number of fused-ring (bicyclic) bond motifs is 1. The zero-order valence-corrected chi connectivity index (χ0v) is 17.6. The van der Waals surface area contributed by atoms with Gasteiger partial charge in [0.15, 0.2) is 11.5 Å². The molecule has 1 aromatic heterocycles. The lowest BCUT2D eigenvalue weighted by molar-refractivity contribution is -0.123. The maximum atomic E-state index is 13.1. The number of aromatic nitrogens is 2. The molecule has 0 unspecified atom stereocenters. The van der Waals surface area contributed by atoms with E-state index >= 15 is 0 Å². The Hall–Kier alpha value is -3.54. The molecule has 1 amide bonds. The molecule has 1 N–H and O–H groups in total. The van der Waals surface area contributed by atoms with Crippen LogP contribution in [0.15, 0.2) is 34.0 Å². The van der Waals surface area contributed by atoms with E-state index in [1.807, 2.05) is 24.3 Å². The van der Waals surface area contributed by atoms with Gasteiger partial charge in [-0.3, -0.25) is 14.2 Å². The van der Waals surface area contributed by atoms with Gasteiger partial charge in [-0.05, 0) is 43.4 Å². The van der Waals surface area contributed by atoms with Crippen molar-refractivity contribution in [2.45, 2.75) is 56.7 Å². The van der Waals surface area contributed by atoms with E-state index in [9.17, 15) is 19.6 Å². The number of hydrogen-bond acceptors (Lipinski definition) is 6. The van der Waals surface area contributed by atoms with Crippen molar-refractivity contribution in [1.82, 2.24) is 14.5 Å². The lowest BCUT2D eigenvalue weighted by atomic mass is 9.87. The summed E-state index contributed by atoms with van der Waals surface area (Å²) in [6, 6.07) is 7.52. The number of carbonyl (C=O) groups is 1. The minimum absolute atomic E-state index is 0.0107. The molecule has 2 aromatic rings. The Bertz CT molecular complexity index is 1230. The Morgan fingerprint density at radius 2 is 1.88 bits per heavy atom. The molecule has 0 radical (unpaired) electrons. The van der Waals surface area contributed by atoms with E-state index in [0.29, 0.717) is 24.7 Å². The van der Waals surface area contributed by atoms with Crippen LogP contribution in [-0.2, 0) is 16.9 Å². The zero-order valence-electron chi connectivity index (χ0n) is 17.6. The summed E-state index contributed by atoms with van der Waals surface area (Å²) in [6.07, 6.45) is 6.35. The van der Waals surface area contributed by atoms with Crippen LogP contribution in [0, 0.1) is 11.3 Å². The monoisotopic (exact) mass is 436 g/mol. The molecule has 9 nitrogen and oxygen atoms in total. The molecule has 2 heterocycles. The minimum Gasteiger partial charge on any atom is -0.486 e. The maximum absolute atomic E-state index is 13.1. The second-order valence-corrected chi connectivity index (χ2v) is 8.66. The first-order chi connectivity index (χ1) is 15.5. The van der Waals surface area contributed by atoms with Crippen LogP contribution in [0.1, 0.15) is 55.7 Å². The van der Waals surface area contributed by atoms with Crippen LogP contribution in [0.25, 0.3) is 0 Å². The molecular weight excluding hydrogens is 412 g/mol. The molecule has 1 aromatic carbocycles. The predicted octanol–water partition coefficient (Wildman–Crippen LogP) is 1.57. The van der Waals surface area contributed by atoms with Gasteiger partial charge in [-0.1, -0.05) is 18.9 Å². The second kappa shape index (κ2) is 7.86. The van der Waals surface area contributed by atoms with Crippen LogP contribution in [-0.4, -0.2) is 28.3 Å². The number of nitrogens with zero attached hydrogens (tertiary/aromatic N) is 3. The van der Waals surface area contributed by atoms with Crippen molar-refractivity contribution in [2.75, 3.05) is 13.2 Å². The molecule has 0 atom stereocenters. The van der Waals surface area contributed by atoms with Crippen LogP contribution < -0.4 is 26.0 Å². The molecule has 166 valence electrons. The summed E-state index contributed by atoms with van der Waals surface area (Å²) >= 11 is 0. The van der Waals surface area contributed by atoms with Crippen molar-refractivity contribution < 1.29 is 14.3 Å². The van der Waals surface area contributed by atoms with Gasteiger partial charge >= 0.3 is 5.69 Å². The third-order valence-electron chi connectivity index (χ3n) is 6.49. The highest BCUT2D eigenvalue weighted by atomic mass is 16.6. The van der Waals surface area contributed by atoms with Crippen LogP contribution in [0.3, 0.4) is 0 Å². The van der Waals surface area contributed by atoms with Gasteiger partial charge < -0.3 is 14.8 Å². The van der Waals surface area contributed by atoms with Gasteiger partial charge in [0.1, 0.15) is 31.4 Å². The smallest absolute Gasteiger partial charge is 0.331 e. The minimum atomic E-state index is -0.732. The molecule has 0 spiro atoms. The number of ether oxygens (including phenoxy) is 2. The SMILES string of the molecule is N#Cc1cn(C2CC2)c(=O)n(CC(=O)NC2(c3ccc4c(c3)OCCO4)CCCC2)c1=O. The van der Waals surface area contributed by atoms with E-state index < -0.39 is 29.2 Å². The van der Waals surface area contributed by atoms with Crippen LogP contribution in [0.4, 0.5) is 0 Å². The summed E-state index contributed by atoms with van der Waals surface area (Å²) in [6.45, 7) is 0.552. The van der Waals surface area contributed by atoms with Gasteiger partial charge in [-0.25, -0.2) is 9.36 Å². The average Bonchev–Trinajstić information content (AvgIpc) is 3.54. The Balaban J connectivity index is 1.44. The number of amides is 1. The van der Waals surface area contributed by atoms with Crippen molar-refractivity contribution in [1.29, 1.82) is 5.26 Å². The quantitative estimate of drug-likeness (QED) is 0.761. The largest absolute Gasteiger partial charge is 0.486 e. The lowest BCUT2D eigenvalue weighted by Gasteiger charge is -2.32. The zero-order chi connectivity index (χ0) is 22.3. The van der Waals surface area contributed by atoms with Crippen LogP contribution in [0.5, 0.6) is 11.5 Å². The highest BCUT2D eigenvalue weighted by Gasteiger charge is 2.38. The summed E-state index contributed by atoms with van der Waals surface area (Å²) in [5.41, 5.74) is -1.09. The molecule has 2 fully saturated rings. The molecular formula is C23H24N4O5. The topological polar surface area (TPSA) is 115 Å². The third-order valence-corrected chi connectivity index (χ3v) is 6.49. The second-order valence-electron chi connectivity index (χ2n) is 8.66. The van der Waals surface area contributed by atoms with E-state index in [1.54, 1.807) is 0 Å². The highest BCUT2D eigenvalue weighted by Crippen LogP contribution is 2.42. The Labute approximate surface area is 184 Å². The molecule has 32 heavy (non-hydrogen) atoms. The van der Waals surface area contributed by atoms with Crippen molar-refractivity contribution in [3.63, 3.8) is 0 Å². The van der Waals surface area contributed by atoms with E-state index in [1.165, 1.54) is 10.8 Å². The number of rotatable bonds is 5. The van der Waals surface area contributed by atoms with Crippen molar-refractivity contribution >= 4 is 5.91 Å². The van der Waals surface area contributed by atoms with Crippen LogP contribution in [0.2, 0.25) is 0 Å². The first-order valence-electron chi connectivity index (χ1n) is 11.0. The molecule has 2 aliphatic carbocycles. The van der Waals surface area contributed by atoms with E-state index in [2.05, 4.69) is 5.32 Å². The highest BCUT2D eigenvalue weighted by molar-refractivity contribution is 5.77. The summed E-state index contributed by atoms with van der Waals surface area (Å²) in [4.78, 5) is 38.5. The van der Waals surface area contributed by atoms with Gasteiger partial charge in [0.2, 0.25) is 5.91 Å². The fourth-order valence-corrected chi connectivity index (χ4v) is 4.71. The van der Waals surface area contributed by atoms with Crippen molar-refractivity contribution in [3.8, 4) is 17.6 Å². The number of hydrogen-bond donors (Lipinski definition) is 1. The average molecular weight is 436 g/mol. The molecule has 5 rings (SSSR count). The van der Waals surface area contributed by atoms with Crippen LogP contribution >= 0.6 is 0 Å². The van der Waals surface area contributed by atoms with Gasteiger partial charge in [0.05, 0.1) is 5.54 Å². The maximum Gasteiger partial charge on any atom is 0.331 e. The standard InChI is InChI=1S/C23H24N4O5/c24-12-15-13-26(17-4-5-17)22(30)27(21(15)29)14-20(28)25-23(7-1-2-8-23)16-3-6-18-19(11-16)32-10-9-31-18/h3,6,11,13,17H,1-2,4-5,7-10,14H2,(H,25,28). The molecule has 0 bridgehead atoms. The first-order valence-corrected chi connectivity index (χ1v) is 11.0. The van der Waals surface area contributed by atoms with Crippen molar-refractivity contribution in [2.24, 2.45) is 0 Å². The van der Waals surface area contributed by atoms with Crippen molar-refractivity contribution in [3.05, 3.63) is 56.4 Å². The Morgan fingerprint density at radius 1 is 1.16 bits per heavy atom. The Kier molecular flexibility index (Phi) is 5.00. The number of benzene rings is 1. The number of nitriles is 1. The molecule has 0 saturated heterocycles. The predicted molar refractivity (Wildman–Crippen MR) is 114 cm³/mol. The summed E-state index contributed by atoms with van der Waals surface area (Å²) < 4.78 is 13.6. The molecule has 2 saturated carbocycles. The number of carbonyl (C=O) groups excluding carboxylic acids is 1. The Morgan fingerprint density at radius 3 is 2.56 bits per heavy atom. The summed E-state index contributed by atoms with van der Waals surface area (Å²) in [7, 11) is 0. The third kappa shape index (κ3) is 3.55.